The lowest BCUT2D eigenvalue weighted by Crippen LogP contribution is -2.40. The molecule has 0 bridgehead atoms. The SMILES string of the molecule is O=C(Nc1ccccc1F)C(=O)NC1c2ccccc2CC1O. The number of benzene rings is 2. The second kappa shape index (κ2) is 6.18. The van der Waals surface area contributed by atoms with Crippen molar-refractivity contribution in [1.29, 1.82) is 0 Å². The molecule has 1 aliphatic rings. The van der Waals surface area contributed by atoms with E-state index < -0.39 is 29.8 Å². The average molecular weight is 314 g/mol. The number of aliphatic hydroxyl groups is 1. The Balaban J connectivity index is 1.70. The van der Waals surface area contributed by atoms with Gasteiger partial charge in [-0.25, -0.2) is 4.39 Å². The van der Waals surface area contributed by atoms with Crippen molar-refractivity contribution in [3.63, 3.8) is 0 Å². The number of carbonyl (C=O) groups is 2. The quantitative estimate of drug-likeness (QED) is 0.736. The van der Waals surface area contributed by atoms with Crippen LogP contribution in [-0.2, 0) is 16.0 Å². The summed E-state index contributed by atoms with van der Waals surface area (Å²) in [6.45, 7) is 0. The maximum absolute atomic E-state index is 13.5. The van der Waals surface area contributed by atoms with Gasteiger partial charge in [0.25, 0.3) is 0 Å². The topological polar surface area (TPSA) is 78.4 Å². The number of nitrogens with one attached hydrogen (secondary N) is 2. The van der Waals surface area contributed by atoms with E-state index in [1.54, 1.807) is 18.2 Å². The van der Waals surface area contributed by atoms with Gasteiger partial charge in [-0.3, -0.25) is 9.59 Å². The zero-order valence-corrected chi connectivity index (χ0v) is 12.1. The first-order valence-electron chi connectivity index (χ1n) is 7.18. The highest BCUT2D eigenvalue weighted by molar-refractivity contribution is 6.39. The first-order valence-corrected chi connectivity index (χ1v) is 7.18. The van der Waals surface area contributed by atoms with Crippen LogP contribution in [0.15, 0.2) is 48.5 Å². The smallest absolute Gasteiger partial charge is 0.313 e. The van der Waals surface area contributed by atoms with Crippen molar-refractivity contribution in [2.45, 2.75) is 18.6 Å². The summed E-state index contributed by atoms with van der Waals surface area (Å²) in [6, 6.07) is 12.2. The maximum atomic E-state index is 13.5. The lowest BCUT2D eigenvalue weighted by atomic mass is 10.1. The number of fused-ring (bicyclic) bond motifs is 1. The molecular formula is C17H15FN2O3. The molecule has 2 aromatic rings. The second-order valence-corrected chi connectivity index (χ2v) is 5.36. The van der Waals surface area contributed by atoms with Crippen molar-refractivity contribution in [3.05, 3.63) is 65.5 Å². The summed E-state index contributed by atoms with van der Waals surface area (Å²) >= 11 is 0. The van der Waals surface area contributed by atoms with Crippen LogP contribution in [0.4, 0.5) is 10.1 Å². The fraction of sp³-hybridized carbons (Fsp3) is 0.176. The summed E-state index contributed by atoms with van der Waals surface area (Å²) in [5, 5.41) is 14.8. The average Bonchev–Trinajstić information content (AvgIpc) is 2.85. The molecular weight excluding hydrogens is 299 g/mol. The molecule has 1 aliphatic carbocycles. The summed E-state index contributed by atoms with van der Waals surface area (Å²) in [7, 11) is 0. The van der Waals surface area contributed by atoms with E-state index in [2.05, 4.69) is 10.6 Å². The molecule has 2 amide bonds. The lowest BCUT2D eigenvalue weighted by molar-refractivity contribution is -0.137. The van der Waals surface area contributed by atoms with Crippen molar-refractivity contribution in [3.8, 4) is 0 Å². The van der Waals surface area contributed by atoms with E-state index in [0.29, 0.717) is 6.42 Å². The van der Waals surface area contributed by atoms with Gasteiger partial charge >= 0.3 is 11.8 Å². The Hall–Kier alpha value is -2.73. The van der Waals surface area contributed by atoms with Crippen LogP contribution >= 0.6 is 0 Å². The molecule has 0 radical (unpaired) electrons. The number of rotatable bonds is 2. The van der Waals surface area contributed by atoms with Crippen LogP contribution in [0.25, 0.3) is 0 Å². The van der Waals surface area contributed by atoms with Gasteiger partial charge in [0.2, 0.25) is 0 Å². The molecule has 0 aromatic heterocycles. The highest BCUT2D eigenvalue weighted by atomic mass is 19.1. The summed E-state index contributed by atoms with van der Waals surface area (Å²) in [4.78, 5) is 23.9. The van der Waals surface area contributed by atoms with Gasteiger partial charge in [0.15, 0.2) is 0 Å². The predicted molar refractivity (Wildman–Crippen MR) is 82.1 cm³/mol. The largest absolute Gasteiger partial charge is 0.390 e. The monoisotopic (exact) mass is 314 g/mol. The fourth-order valence-electron chi connectivity index (χ4n) is 2.70. The van der Waals surface area contributed by atoms with Crippen molar-refractivity contribution in [2.24, 2.45) is 0 Å². The van der Waals surface area contributed by atoms with Crippen molar-refractivity contribution in [1.82, 2.24) is 5.32 Å². The van der Waals surface area contributed by atoms with Crippen molar-refractivity contribution < 1.29 is 19.1 Å². The molecule has 2 unspecified atom stereocenters. The number of hydrogen-bond acceptors (Lipinski definition) is 3. The maximum Gasteiger partial charge on any atom is 0.313 e. The Bertz CT molecular complexity index is 763. The van der Waals surface area contributed by atoms with Gasteiger partial charge in [0.05, 0.1) is 17.8 Å². The molecule has 5 nitrogen and oxygen atoms in total. The van der Waals surface area contributed by atoms with Crippen LogP contribution in [0.5, 0.6) is 0 Å². The van der Waals surface area contributed by atoms with Crippen molar-refractivity contribution in [2.75, 3.05) is 5.32 Å². The number of amides is 2. The number of para-hydroxylation sites is 1. The highest BCUT2D eigenvalue weighted by Crippen LogP contribution is 2.31. The van der Waals surface area contributed by atoms with Crippen LogP contribution in [0, 0.1) is 5.82 Å². The Labute approximate surface area is 132 Å². The minimum Gasteiger partial charge on any atom is -0.390 e. The molecule has 118 valence electrons. The van der Waals surface area contributed by atoms with Crippen LogP contribution in [0.1, 0.15) is 17.2 Å². The van der Waals surface area contributed by atoms with E-state index in [9.17, 15) is 19.1 Å². The van der Waals surface area contributed by atoms with E-state index in [1.807, 2.05) is 12.1 Å². The zero-order chi connectivity index (χ0) is 16.4. The molecule has 0 aliphatic heterocycles. The Morgan fingerprint density at radius 2 is 1.74 bits per heavy atom. The summed E-state index contributed by atoms with van der Waals surface area (Å²) in [6.07, 6.45) is -0.381. The molecule has 0 fully saturated rings. The van der Waals surface area contributed by atoms with E-state index in [4.69, 9.17) is 0 Å². The van der Waals surface area contributed by atoms with E-state index in [0.717, 1.165) is 11.1 Å². The second-order valence-electron chi connectivity index (χ2n) is 5.36. The van der Waals surface area contributed by atoms with Crippen LogP contribution in [0.2, 0.25) is 0 Å². The zero-order valence-electron chi connectivity index (χ0n) is 12.1. The molecule has 0 spiro atoms. The number of halogens is 1. The third-order valence-electron chi connectivity index (χ3n) is 3.82. The third kappa shape index (κ3) is 3.07. The summed E-state index contributed by atoms with van der Waals surface area (Å²) in [5.74, 6) is -2.53. The molecule has 6 heteroatoms. The van der Waals surface area contributed by atoms with Crippen LogP contribution in [-0.4, -0.2) is 23.0 Å². The van der Waals surface area contributed by atoms with Gasteiger partial charge in [0.1, 0.15) is 5.82 Å². The van der Waals surface area contributed by atoms with Gasteiger partial charge in [-0.1, -0.05) is 36.4 Å². The normalized spacial score (nSPS) is 19.0. The molecule has 2 aromatic carbocycles. The number of anilines is 1. The molecule has 23 heavy (non-hydrogen) atoms. The fourth-order valence-corrected chi connectivity index (χ4v) is 2.70. The first-order chi connectivity index (χ1) is 11.1. The van der Waals surface area contributed by atoms with E-state index in [1.165, 1.54) is 18.2 Å². The number of hydrogen-bond donors (Lipinski definition) is 3. The van der Waals surface area contributed by atoms with Crippen molar-refractivity contribution >= 4 is 17.5 Å². The molecule has 0 heterocycles. The minimum absolute atomic E-state index is 0.0694. The Morgan fingerprint density at radius 3 is 2.52 bits per heavy atom. The minimum atomic E-state index is -0.980. The highest BCUT2D eigenvalue weighted by Gasteiger charge is 2.33. The van der Waals surface area contributed by atoms with E-state index in [-0.39, 0.29) is 5.69 Å². The number of aliphatic hydroxyl groups excluding tert-OH is 1. The lowest BCUT2D eigenvalue weighted by Gasteiger charge is -2.17. The van der Waals surface area contributed by atoms with Gasteiger partial charge < -0.3 is 15.7 Å². The predicted octanol–water partition coefficient (Wildman–Crippen LogP) is 1.54. The standard InChI is InChI=1S/C17H15FN2O3/c18-12-7-3-4-8-13(12)19-16(22)17(23)20-15-11-6-2-1-5-10(11)9-14(15)21/h1-8,14-15,21H,9H2,(H,19,22)(H,20,23). The van der Waals surface area contributed by atoms with Gasteiger partial charge in [-0.2, -0.15) is 0 Å². The van der Waals surface area contributed by atoms with Crippen LogP contribution < -0.4 is 10.6 Å². The number of carbonyl (C=O) groups excluding carboxylic acids is 2. The molecule has 3 N–H and O–H groups in total. The Kier molecular flexibility index (Phi) is 4.08. The third-order valence-corrected chi connectivity index (χ3v) is 3.82. The molecule has 3 rings (SSSR count). The Morgan fingerprint density at radius 1 is 1.04 bits per heavy atom. The van der Waals surface area contributed by atoms with E-state index >= 15 is 0 Å². The summed E-state index contributed by atoms with van der Waals surface area (Å²) in [5.41, 5.74) is 1.65. The molecule has 0 saturated carbocycles. The van der Waals surface area contributed by atoms with Gasteiger partial charge in [-0.15, -0.1) is 0 Å². The molecule has 0 saturated heterocycles. The van der Waals surface area contributed by atoms with Gasteiger partial charge in [-0.05, 0) is 23.3 Å². The molecule has 2 atom stereocenters. The van der Waals surface area contributed by atoms with Crippen LogP contribution in [0.3, 0.4) is 0 Å². The summed E-state index contributed by atoms with van der Waals surface area (Å²) < 4.78 is 13.5. The first kappa shape index (κ1) is 15.2. The van der Waals surface area contributed by atoms with Gasteiger partial charge in [0, 0.05) is 6.42 Å².